The Balaban J connectivity index is 1.85. The lowest BCUT2D eigenvalue weighted by atomic mass is 10.0. The zero-order valence-corrected chi connectivity index (χ0v) is 8.61. The Kier molecular flexibility index (Phi) is 2.79. The van der Waals surface area contributed by atoms with E-state index >= 15 is 0 Å². The van der Waals surface area contributed by atoms with Gasteiger partial charge in [-0.25, -0.2) is 4.79 Å². The lowest BCUT2D eigenvalue weighted by molar-refractivity contribution is -0.134. The molecule has 0 radical (unpaired) electrons. The SMILES string of the molecule is O=C(O)NC1CCC(=O)N(CC2CC2)C1. The standard InChI is InChI=1S/C10H16N2O3/c13-9-4-3-8(11-10(14)15)6-12(9)5-7-1-2-7/h7-8,11H,1-6H2,(H,14,15). The van der Waals surface area contributed by atoms with E-state index in [1.807, 2.05) is 4.90 Å². The molecule has 2 amide bonds. The van der Waals surface area contributed by atoms with Gasteiger partial charge in [0.2, 0.25) is 5.91 Å². The van der Waals surface area contributed by atoms with Gasteiger partial charge < -0.3 is 15.3 Å². The normalized spacial score (nSPS) is 26.5. The van der Waals surface area contributed by atoms with Crippen molar-refractivity contribution in [2.75, 3.05) is 13.1 Å². The quantitative estimate of drug-likeness (QED) is 0.721. The van der Waals surface area contributed by atoms with E-state index in [1.54, 1.807) is 0 Å². The Bertz CT molecular complexity index is 276. The molecule has 2 fully saturated rings. The molecule has 84 valence electrons. The van der Waals surface area contributed by atoms with E-state index in [0.29, 0.717) is 25.3 Å². The molecule has 15 heavy (non-hydrogen) atoms. The van der Waals surface area contributed by atoms with Gasteiger partial charge in [-0.1, -0.05) is 0 Å². The van der Waals surface area contributed by atoms with Crippen LogP contribution in [0.25, 0.3) is 0 Å². The zero-order chi connectivity index (χ0) is 10.8. The van der Waals surface area contributed by atoms with Gasteiger partial charge in [0.15, 0.2) is 0 Å². The van der Waals surface area contributed by atoms with Crippen LogP contribution in [0.1, 0.15) is 25.7 Å². The van der Waals surface area contributed by atoms with Crippen molar-refractivity contribution < 1.29 is 14.7 Å². The fourth-order valence-electron chi connectivity index (χ4n) is 2.00. The summed E-state index contributed by atoms with van der Waals surface area (Å²) >= 11 is 0. The van der Waals surface area contributed by atoms with Crippen LogP contribution >= 0.6 is 0 Å². The first kappa shape index (κ1) is 10.3. The molecule has 0 spiro atoms. The highest BCUT2D eigenvalue weighted by Crippen LogP contribution is 2.30. The van der Waals surface area contributed by atoms with Gasteiger partial charge in [0.25, 0.3) is 0 Å². The van der Waals surface area contributed by atoms with Gasteiger partial charge in [-0.3, -0.25) is 4.79 Å². The van der Waals surface area contributed by atoms with Crippen LogP contribution < -0.4 is 5.32 Å². The van der Waals surface area contributed by atoms with Gasteiger partial charge in [0.05, 0.1) is 6.04 Å². The first-order valence-corrected chi connectivity index (χ1v) is 5.42. The topological polar surface area (TPSA) is 69.6 Å². The average molecular weight is 212 g/mol. The molecular weight excluding hydrogens is 196 g/mol. The van der Waals surface area contributed by atoms with Crippen LogP contribution in [0, 0.1) is 5.92 Å². The van der Waals surface area contributed by atoms with E-state index in [-0.39, 0.29) is 11.9 Å². The number of hydrogen-bond acceptors (Lipinski definition) is 2. The largest absolute Gasteiger partial charge is 0.465 e. The summed E-state index contributed by atoms with van der Waals surface area (Å²) in [5.41, 5.74) is 0. The molecule has 1 heterocycles. The molecule has 5 heteroatoms. The maximum atomic E-state index is 11.5. The number of hydrogen-bond donors (Lipinski definition) is 2. The molecule has 1 aliphatic heterocycles. The van der Waals surface area contributed by atoms with Crippen molar-refractivity contribution in [1.29, 1.82) is 0 Å². The number of rotatable bonds is 3. The Hall–Kier alpha value is -1.26. The molecule has 1 unspecified atom stereocenters. The number of carboxylic acid groups (broad SMARTS) is 1. The number of piperidine rings is 1. The smallest absolute Gasteiger partial charge is 0.404 e. The number of nitrogens with zero attached hydrogens (tertiary/aromatic N) is 1. The monoisotopic (exact) mass is 212 g/mol. The lowest BCUT2D eigenvalue weighted by Gasteiger charge is -2.32. The van der Waals surface area contributed by atoms with Gasteiger partial charge in [0.1, 0.15) is 0 Å². The fourth-order valence-corrected chi connectivity index (χ4v) is 2.00. The summed E-state index contributed by atoms with van der Waals surface area (Å²) in [5.74, 6) is 0.836. The maximum Gasteiger partial charge on any atom is 0.404 e. The molecule has 0 aromatic rings. The van der Waals surface area contributed by atoms with Gasteiger partial charge in [-0.2, -0.15) is 0 Å². The molecular formula is C10H16N2O3. The highest BCUT2D eigenvalue weighted by Gasteiger charge is 2.31. The second kappa shape index (κ2) is 4.08. The molecule has 0 bridgehead atoms. The van der Waals surface area contributed by atoms with Gasteiger partial charge in [-0.15, -0.1) is 0 Å². The fraction of sp³-hybridized carbons (Fsp3) is 0.800. The minimum Gasteiger partial charge on any atom is -0.465 e. The van der Waals surface area contributed by atoms with Crippen molar-refractivity contribution >= 4 is 12.0 Å². The van der Waals surface area contributed by atoms with Crippen molar-refractivity contribution in [3.8, 4) is 0 Å². The zero-order valence-electron chi connectivity index (χ0n) is 8.61. The van der Waals surface area contributed by atoms with E-state index in [9.17, 15) is 9.59 Å². The molecule has 5 nitrogen and oxygen atoms in total. The number of amides is 2. The number of nitrogens with one attached hydrogen (secondary N) is 1. The van der Waals surface area contributed by atoms with E-state index < -0.39 is 6.09 Å². The maximum absolute atomic E-state index is 11.5. The molecule has 0 aromatic carbocycles. The van der Waals surface area contributed by atoms with Crippen LogP contribution in [0.2, 0.25) is 0 Å². The number of carbonyl (C=O) groups is 2. The molecule has 2 aliphatic rings. The third-order valence-corrected chi connectivity index (χ3v) is 3.00. The van der Waals surface area contributed by atoms with E-state index in [2.05, 4.69) is 5.32 Å². The molecule has 1 saturated heterocycles. The summed E-state index contributed by atoms with van der Waals surface area (Å²) in [6, 6.07) is -0.0843. The minimum atomic E-state index is -0.999. The summed E-state index contributed by atoms with van der Waals surface area (Å²) < 4.78 is 0. The number of likely N-dealkylation sites (tertiary alicyclic amines) is 1. The molecule has 1 aliphatic carbocycles. The van der Waals surface area contributed by atoms with Crippen molar-refractivity contribution in [1.82, 2.24) is 10.2 Å². The Labute approximate surface area is 88.4 Å². The molecule has 2 rings (SSSR count). The van der Waals surface area contributed by atoms with Crippen LogP contribution in [0.15, 0.2) is 0 Å². The second-order valence-electron chi connectivity index (χ2n) is 4.43. The lowest BCUT2D eigenvalue weighted by Crippen LogP contribution is -2.50. The van der Waals surface area contributed by atoms with Crippen molar-refractivity contribution in [2.45, 2.75) is 31.7 Å². The predicted molar refractivity (Wildman–Crippen MR) is 53.5 cm³/mol. The van der Waals surface area contributed by atoms with Crippen molar-refractivity contribution in [3.63, 3.8) is 0 Å². The van der Waals surface area contributed by atoms with E-state index in [0.717, 1.165) is 6.54 Å². The van der Waals surface area contributed by atoms with Crippen molar-refractivity contribution in [3.05, 3.63) is 0 Å². The van der Waals surface area contributed by atoms with Gasteiger partial charge >= 0.3 is 6.09 Å². The van der Waals surface area contributed by atoms with Crippen LogP contribution in [0.4, 0.5) is 4.79 Å². The van der Waals surface area contributed by atoms with Crippen LogP contribution in [-0.4, -0.2) is 41.1 Å². The van der Waals surface area contributed by atoms with E-state index in [1.165, 1.54) is 12.8 Å². The highest BCUT2D eigenvalue weighted by atomic mass is 16.4. The molecule has 1 atom stereocenters. The third kappa shape index (κ3) is 2.84. The summed E-state index contributed by atoms with van der Waals surface area (Å²) in [6.45, 7) is 1.36. The summed E-state index contributed by atoms with van der Waals surface area (Å²) in [6.07, 6.45) is 2.52. The summed E-state index contributed by atoms with van der Waals surface area (Å²) in [7, 11) is 0. The van der Waals surface area contributed by atoms with Crippen LogP contribution in [0.3, 0.4) is 0 Å². The van der Waals surface area contributed by atoms with Gasteiger partial charge in [-0.05, 0) is 25.2 Å². The van der Waals surface area contributed by atoms with E-state index in [4.69, 9.17) is 5.11 Å². The first-order chi connectivity index (χ1) is 7.15. The minimum absolute atomic E-state index is 0.0843. The Morgan fingerprint density at radius 2 is 2.20 bits per heavy atom. The Morgan fingerprint density at radius 1 is 1.47 bits per heavy atom. The summed E-state index contributed by atoms with van der Waals surface area (Å²) in [5, 5.41) is 11.0. The average Bonchev–Trinajstić information content (AvgIpc) is 2.94. The van der Waals surface area contributed by atoms with Gasteiger partial charge in [0, 0.05) is 19.5 Å². The summed E-state index contributed by atoms with van der Waals surface area (Å²) in [4.78, 5) is 23.8. The van der Waals surface area contributed by atoms with Crippen LogP contribution in [-0.2, 0) is 4.79 Å². The molecule has 0 aromatic heterocycles. The van der Waals surface area contributed by atoms with Crippen LogP contribution in [0.5, 0.6) is 0 Å². The van der Waals surface area contributed by atoms with Crippen molar-refractivity contribution in [2.24, 2.45) is 5.92 Å². The predicted octanol–water partition coefficient (Wildman–Crippen LogP) is 0.655. The molecule has 1 saturated carbocycles. The highest BCUT2D eigenvalue weighted by molar-refractivity contribution is 5.77. The first-order valence-electron chi connectivity index (χ1n) is 5.42. The molecule has 2 N–H and O–H groups in total. The number of carbonyl (C=O) groups excluding carboxylic acids is 1. The Morgan fingerprint density at radius 3 is 2.80 bits per heavy atom. The second-order valence-corrected chi connectivity index (χ2v) is 4.43. The third-order valence-electron chi connectivity index (χ3n) is 3.00.